The molecule has 0 bridgehead atoms. The maximum atomic E-state index is 5.38. The molecule has 0 atom stereocenters. The molecule has 0 unspecified atom stereocenters. The highest BCUT2D eigenvalue weighted by atomic mass is 16.5. The van der Waals surface area contributed by atoms with Crippen LogP contribution in [0.5, 0.6) is 0 Å². The van der Waals surface area contributed by atoms with Gasteiger partial charge in [0.1, 0.15) is 5.69 Å². The summed E-state index contributed by atoms with van der Waals surface area (Å²) in [5, 5.41) is 10.5. The van der Waals surface area contributed by atoms with E-state index >= 15 is 0 Å². The molecule has 1 aromatic carbocycles. The Kier molecular flexibility index (Phi) is 5.76. The normalized spacial score (nSPS) is 12.3. The van der Waals surface area contributed by atoms with Gasteiger partial charge in [-0.05, 0) is 13.8 Å². The van der Waals surface area contributed by atoms with Crippen molar-refractivity contribution in [3.05, 3.63) is 42.1 Å². The van der Waals surface area contributed by atoms with E-state index in [1.807, 2.05) is 50.2 Å². The number of hydrogen-bond acceptors (Lipinski definition) is 4. The topological polar surface area (TPSA) is 71.7 Å². The van der Waals surface area contributed by atoms with Gasteiger partial charge in [0.15, 0.2) is 11.7 Å². The summed E-state index contributed by atoms with van der Waals surface area (Å²) in [5.41, 5.74) is 1.57. The van der Waals surface area contributed by atoms with Crippen molar-refractivity contribution in [3.8, 4) is 11.3 Å². The molecule has 0 fully saturated rings. The first-order valence-electron chi connectivity index (χ1n) is 7.55. The highest BCUT2D eigenvalue weighted by Gasteiger charge is 2.16. The molecule has 6 nitrogen and oxygen atoms in total. The van der Waals surface area contributed by atoms with Crippen molar-refractivity contribution in [2.24, 2.45) is 4.99 Å². The summed E-state index contributed by atoms with van der Waals surface area (Å²) in [6.07, 6.45) is 0. The smallest absolute Gasteiger partial charge is 0.191 e. The minimum atomic E-state index is -0.258. The van der Waals surface area contributed by atoms with Crippen LogP contribution < -0.4 is 10.6 Å². The van der Waals surface area contributed by atoms with Gasteiger partial charge in [-0.2, -0.15) is 0 Å². The molecule has 0 radical (unpaired) electrons. The van der Waals surface area contributed by atoms with Gasteiger partial charge in [-0.25, -0.2) is 0 Å². The number of nitrogens with zero attached hydrogens (tertiary/aromatic N) is 2. The molecule has 6 heteroatoms. The van der Waals surface area contributed by atoms with Crippen LogP contribution in [0.1, 0.15) is 19.5 Å². The molecule has 1 heterocycles. The van der Waals surface area contributed by atoms with E-state index in [-0.39, 0.29) is 5.60 Å². The van der Waals surface area contributed by atoms with Gasteiger partial charge in [0.25, 0.3) is 0 Å². The third-order valence-corrected chi connectivity index (χ3v) is 3.51. The minimum absolute atomic E-state index is 0.258. The number of hydrogen-bond donors (Lipinski definition) is 2. The van der Waals surface area contributed by atoms with Crippen molar-refractivity contribution in [1.82, 2.24) is 15.8 Å². The van der Waals surface area contributed by atoms with E-state index in [0.29, 0.717) is 19.0 Å². The first-order chi connectivity index (χ1) is 11.0. The second kappa shape index (κ2) is 7.78. The van der Waals surface area contributed by atoms with Crippen LogP contribution in [0.2, 0.25) is 0 Å². The molecule has 1 aromatic heterocycles. The Morgan fingerprint density at radius 3 is 2.65 bits per heavy atom. The number of aliphatic imine (C=N–C) groups is 1. The third-order valence-electron chi connectivity index (χ3n) is 3.51. The Morgan fingerprint density at radius 2 is 2.00 bits per heavy atom. The Balaban J connectivity index is 1.89. The lowest BCUT2D eigenvalue weighted by molar-refractivity contribution is 0.0268. The van der Waals surface area contributed by atoms with Gasteiger partial charge >= 0.3 is 0 Å². The highest BCUT2D eigenvalue weighted by molar-refractivity contribution is 5.79. The van der Waals surface area contributed by atoms with Gasteiger partial charge < -0.3 is 19.9 Å². The molecule has 0 aliphatic heterocycles. The fraction of sp³-hybridized carbons (Fsp3) is 0.412. The van der Waals surface area contributed by atoms with E-state index in [1.165, 1.54) is 0 Å². The molecule has 0 spiro atoms. The number of ether oxygens (including phenoxy) is 1. The highest BCUT2D eigenvalue weighted by Crippen LogP contribution is 2.19. The second-order valence-electron chi connectivity index (χ2n) is 5.79. The molecule has 0 aliphatic rings. The van der Waals surface area contributed by atoms with E-state index in [9.17, 15) is 0 Å². The predicted molar refractivity (Wildman–Crippen MR) is 91.2 cm³/mol. The van der Waals surface area contributed by atoms with Gasteiger partial charge in [-0.1, -0.05) is 35.5 Å². The third kappa shape index (κ3) is 5.10. The van der Waals surface area contributed by atoms with E-state index in [2.05, 4.69) is 20.8 Å². The number of aromatic nitrogens is 1. The van der Waals surface area contributed by atoms with Crippen LogP contribution in [0.3, 0.4) is 0 Å². The Bertz CT molecular complexity index is 635. The van der Waals surface area contributed by atoms with Gasteiger partial charge in [0, 0.05) is 32.3 Å². The van der Waals surface area contributed by atoms with E-state index in [4.69, 9.17) is 9.26 Å². The number of benzene rings is 1. The molecule has 0 saturated heterocycles. The summed E-state index contributed by atoms with van der Waals surface area (Å²) >= 11 is 0. The summed E-state index contributed by atoms with van der Waals surface area (Å²) in [6.45, 7) is 5.20. The fourth-order valence-corrected chi connectivity index (χ4v) is 1.90. The van der Waals surface area contributed by atoms with E-state index in [1.54, 1.807) is 14.2 Å². The maximum absolute atomic E-state index is 5.38. The average Bonchev–Trinajstić information content (AvgIpc) is 3.05. The number of guanidine groups is 1. The minimum Gasteiger partial charge on any atom is -0.377 e. The lowest BCUT2D eigenvalue weighted by atomic mass is 10.1. The van der Waals surface area contributed by atoms with E-state index in [0.717, 1.165) is 17.0 Å². The Hall–Kier alpha value is -2.34. The molecule has 0 amide bonds. The fourth-order valence-electron chi connectivity index (χ4n) is 1.90. The summed E-state index contributed by atoms with van der Waals surface area (Å²) in [4.78, 5) is 4.19. The average molecular weight is 316 g/mol. The molecular weight excluding hydrogens is 292 g/mol. The molecule has 0 aliphatic carbocycles. The van der Waals surface area contributed by atoms with Crippen molar-refractivity contribution in [2.75, 3.05) is 20.7 Å². The van der Waals surface area contributed by atoms with Gasteiger partial charge in [0.2, 0.25) is 0 Å². The van der Waals surface area contributed by atoms with Gasteiger partial charge in [-0.15, -0.1) is 0 Å². The van der Waals surface area contributed by atoms with Crippen molar-refractivity contribution in [3.63, 3.8) is 0 Å². The van der Waals surface area contributed by atoms with Gasteiger partial charge in [0.05, 0.1) is 12.1 Å². The quantitative estimate of drug-likeness (QED) is 0.632. The number of methoxy groups -OCH3 is 1. The standard InChI is InChI=1S/C17H24N4O2/c1-17(2,22-4)12-20-16(18-3)19-11-14-10-15(23-21-14)13-8-6-5-7-9-13/h5-10H,11-12H2,1-4H3,(H2,18,19,20). The monoisotopic (exact) mass is 316 g/mol. The van der Waals surface area contributed by atoms with Crippen molar-refractivity contribution in [2.45, 2.75) is 26.0 Å². The van der Waals surface area contributed by atoms with Crippen LogP contribution in [0.15, 0.2) is 45.9 Å². The Morgan fingerprint density at radius 1 is 1.26 bits per heavy atom. The van der Waals surface area contributed by atoms with Crippen molar-refractivity contribution in [1.29, 1.82) is 0 Å². The summed E-state index contributed by atoms with van der Waals surface area (Å²) < 4.78 is 10.8. The second-order valence-corrected chi connectivity index (χ2v) is 5.79. The van der Waals surface area contributed by atoms with Crippen LogP contribution >= 0.6 is 0 Å². The van der Waals surface area contributed by atoms with Crippen LogP contribution in [0.4, 0.5) is 0 Å². The molecule has 2 N–H and O–H groups in total. The molecule has 2 rings (SSSR count). The lowest BCUT2D eigenvalue weighted by Crippen LogP contribution is -2.45. The first-order valence-corrected chi connectivity index (χ1v) is 7.55. The largest absolute Gasteiger partial charge is 0.377 e. The van der Waals surface area contributed by atoms with E-state index < -0.39 is 0 Å². The van der Waals surface area contributed by atoms with Crippen molar-refractivity contribution < 1.29 is 9.26 Å². The molecule has 124 valence electrons. The van der Waals surface area contributed by atoms with Crippen LogP contribution in [0.25, 0.3) is 11.3 Å². The maximum Gasteiger partial charge on any atom is 0.191 e. The molecule has 2 aromatic rings. The van der Waals surface area contributed by atoms with Crippen LogP contribution in [-0.4, -0.2) is 37.4 Å². The molecule has 0 saturated carbocycles. The summed E-state index contributed by atoms with van der Waals surface area (Å²) in [6, 6.07) is 11.8. The van der Waals surface area contributed by atoms with Gasteiger partial charge in [-0.3, -0.25) is 4.99 Å². The first kappa shape index (κ1) is 17.0. The summed E-state index contributed by atoms with van der Waals surface area (Å²) in [7, 11) is 3.42. The zero-order chi connectivity index (χ0) is 16.7. The van der Waals surface area contributed by atoms with Crippen molar-refractivity contribution >= 4 is 5.96 Å². The molecular formula is C17H24N4O2. The zero-order valence-electron chi connectivity index (χ0n) is 14.1. The summed E-state index contributed by atoms with van der Waals surface area (Å²) in [5.74, 6) is 1.45. The van der Waals surface area contributed by atoms with Crippen LogP contribution in [0, 0.1) is 0 Å². The zero-order valence-corrected chi connectivity index (χ0v) is 14.1. The SMILES string of the molecule is CN=C(NCc1cc(-c2ccccc2)on1)NCC(C)(C)OC. The predicted octanol–water partition coefficient (Wildman–Crippen LogP) is 2.43. The number of rotatable bonds is 6. The molecule has 23 heavy (non-hydrogen) atoms. The number of nitrogens with one attached hydrogen (secondary N) is 2. The Labute approximate surface area is 136 Å². The lowest BCUT2D eigenvalue weighted by Gasteiger charge is -2.24. The van der Waals surface area contributed by atoms with Crippen LogP contribution in [-0.2, 0) is 11.3 Å².